The van der Waals surface area contributed by atoms with Gasteiger partial charge in [-0.3, -0.25) is 4.90 Å². The number of ether oxygens (including phenoxy) is 4. The number of benzene rings is 1. The van der Waals surface area contributed by atoms with Crippen molar-refractivity contribution in [2.75, 3.05) is 20.3 Å². The molecule has 1 spiro atoms. The maximum Gasteiger partial charge on any atom is 0.437 e. The Morgan fingerprint density at radius 1 is 1.23 bits per heavy atom. The Kier molecular flexibility index (Phi) is 7.86. The molecule has 0 aliphatic carbocycles. The fourth-order valence-corrected chi connectivity index (χ4v) is 5.49. The summed E-state index contributed by atoms with van der Waals surface area (Å²) in [5.41, 5.74) is -3.25. The van der Waals surface area contributed by atoms with Crippen LogP contribution in [0.1, 0.15) is 70.0 Å². The average Bonchev–Trinajstić information content (AvgIpc) is 3.19. The molecule has 1 aromatic carbocycles. The molecule has 4 rings (SSSR count). The molecule has 0 N–H and O–H groups in total. The first-order valence-electron chi connectivity index (χ1n) is 12.8. The van der Waals surface area contributed by atoms with E-state index in [1.807, 2.05) is 6.92 Å². The molecule has 0 radical (unpaired) electrons. The summed E-state index contributed by atoms with van der Waals surface area (Å²) in [6.07, 6.45) is -4.01. The van der Waals surface area contributed by atoms with Gasteiger partial charge in [0.25, 0.3) is 0 Å². The second-order valence-electron chi connectivity index (χ2n) is 10.9. The third-order valence-corrected chi connectivity index (χ3v) is 7.04. The molecule has 1 aromatic heterocycles. The minimum atomic E-state index is -4.85. The van der Waals surface area contributed by atoms with E-state index in [1.165, 1.54) is 13.2 Å². The van der Waals surface area contributed by atoms with Crippen molar-refractivity contribution < 1.29 is 41.7 Å². The number of halogens is 4. The van der Waals surface area contributed by atoms with Gasteiger partial charge in [-0.25, -0.2) is 14.6 Å². The first-order chi connectivity index (χ1) is 18.2. The first kappa shape index (κ1) is 29.0. The monoisotopic (exact) mass is 572 g/mol. The lowest BCUT2D eigenvalue weighted by Gasteiger charge is -2.39. The molecule has 12 heteroatoms. The van der Waals surface area contributed by atoms with Crippen molar-refractivity contribution in [1.29, 1.82) is 0 Å². The molecule has 2 aromatic rings. The molecule has 2 aliphatic heterocycles. The molecule has 214 valence electrons. The van der Waals surface area contributed by atoms with Gasteiger partial charge in [-0.15, -0.1) is 11.6 Å². The predicted molar refractivity (Wildman–Crippen MR) is 137 cm³/mol. The van der Waals surface area contributed by atoms with E-state index < -0.39 is 52.3 Å². The molecule has 3 atom stereocenters. The number of methoxy groups -OCH3 is 1. The fraction of sp³-hybridized carbons (Fsp3) is 0.593. The maximum absolute atomic E-state index is 14.3. The minimum Gasteiger partial charge on any atom is -0.494 e. The number of alkyl halides is 4. The number of unbranched alkanes of at least 4 members (excludes halogenated alkanes) is 1. The van der Waals surface area contributed by atoms with E-state index in [2.05, 4.69) is 4.98 Å². The second kappa shape index (κ2) is 10.6. The van der Waals surface area contributed by atoms with Gasteiger partial charge < -0.3 is 18.9 Å². The van der Waals surface area contributed by atoms with Crippen LogP contribution in [0.2, 0.25) is 0 Å². The van der Waals surface area contributed by atoms with Crippen molar-refractivity contribution in [3.05, 3.63) is 29.5 Å². The summed E-state index contributed by atoms with van der Waals surface area (Å²) in [7, 11) is 1.17. The summed E-state index contributed by atoms with van der Waals surface area (Å²) in [6.45, 7) is 7.25. The van der Waals surface area contributed by atoms with Crippen LogP contribution in [0, 0.1) is 0 Å². The summed E-state index contributed by atoms with van der Waals surface area (Å²) in [4.78, 5) is 30.7. The summed E-state index contributed by atoms with van der Waals surface area (Å²) in [5.74, 6) is -0.770. The van der Waals surface area contributed by atoms with Gasteiger partial charge >= 0.3 is 18.2 Å². The lowest BCUT2D eigenvalue weighted by atomic mass is 9.86. The zero-order valence-electron chi connectivity index (χ0n) is 22.5. The number of amides is 1. The molecule has 1 amide bonds. The number of carbonyl (C=O) groups excluding carboxylic acids is 2. The molecule has 2 unspecified atom stereocenters. The Bertz CT molecular complexity index is 1260. The molecular weight excluding hydrogens is 541 g/mol. The number of pyridine rings is 1. The van der Waals surface area contributed by atoms with Crippen LogP contribution in [-0.2, 0) is 20.4 Å². The van der Waals surface area contributed by atoms with Gasteiger partial charge in [-0.1, -0.05) is 13.3 Å². The Hall–Kier alpha value is -2.95. The lowest BCUT2D eigenvalue weighted by molar-refractivity contribution is -0.146. The van der Waals surface area contributed by atoms with E-state index in [4.69, 9.17) is 30.5 Å². The molecular formula is C27H32ClF3N2O6. The third kappa shape index (κ3) is 5.97. The number of aromatic nitrogens is 1. The van der Waals surface area contributed by atoms with Crippen molar-refractivity contribution in [2.24, 2.45) is 0 Å². The number of esters is 1. The lowest BCUT2D eigenvalue weighted by Crippen LogP contribution is -2.46. The maximum atomic E-state index is 14.3. The van der Waals surface area contributed by atoms with E-state index in [0.29, 0.717) is 17.7 Å². The number of carbonyl (C=O) groups is 2. The number of hydrogen-bond donors (Lipinski definition) is 0. The molecule has 0 saturated carbocycles. The van der Waals surface area contributed by atoms with E-state index in [9.17, 15) is 22.8 Å². The normalized spacial score (nSPS) is 22.9. The molecule has 3 heterocycles. The smallest absolute Gasteiger partial charge is 0.437 e. The Balaban J connectivity index is 1.80. The van der Waals surface area contributed by atoms with Crippen LogP contribution in [-0.4, -0.2) is 59.5 Å². The Morgan fingerprint density at radius 2 is 1.95 bits per heavy atom. The van der Waals surface area contributed by atoms with Gasteiger partial charge in [0.1, 0.15) is 23.0 Å². The molecule has 8 nitrogen and oxygen atoms in total. The largest absolute Gasteiger partial charge is 0.494 e. The van der Waals surface area contributed by atoms with Crippen molar-refractivity contribution in [1.82, 2.24) is 9.88 Å². The molecule has 0 bridgehead atoms. The predicted octanol–water partition coefficient (Wildman–Crippen LogP) is 6.42. The van der Waals surface area contributed by atoms with Gasteiger partial charge in [0, 0.05) is 23.8 Å². The third-order valence-electron chi connectivity index (χ3n) is 6.67. The van der Waals surface area contributed by atoms with Crippen LogP contribution in [0.5, 0.6) is 11.5 Å². The van der Waals surface area contributed by atoms with E-state index >= 15 is 0 Å². The quantitative estimate of drug-likeness (QED) is 0.232. The number of nitrogens with zero attached hydrogens (tertiary/aromatic N) is 2. The van der Waals surface area contributed by atoms with Crippen LogP contribution >= 0.6 is 11.6 Å². The number of fused-ring (bicyclic) bond motifs is 3. The molecule has 39 heavy (non-hydrogen) atoms. The van der Waals surface area contributed by atoms with Crippen LogP contribution in [0.15, 0.2) is 18.2 Å². The highest BCUT2D eigenvalue weighted by atomic mass is 35.5. The zero-order chi connectivity index (χ0) is 28.8. The SMILES string of the molecule is CCCCOc1ccc2nc(C(F)(F)F)c3c(c2c1)C(Cl)CC1(C[C@@H](C(=O)OC)N(C(=O)OC(C)(C)C)C1)O3. The van der Waals surface area contributed by atoms with Gasteiger partial charge in [0.2, 0.25) is 0 Å². The van der Waals surface area contributed by atoms with Crippen LogP contribution in [0.4, 0.5) is 18.0 Å². The highest BCUT2D eigenvalue weighted by Gasteiger charge is 2.56. The van der Waals surface area contributed by atoms with Gasteiger partial charge in [0.05, 0.1) is 31.2 Å². The van der Waals surface area contributed by atoms with E-state index in [-0.39, 0.29) is 30.5 Å². The van der Waals surface area contributed by atoms with Crippen LogP contribution < -0.4 is 9.47 Å². The number of rotatable bonds is 5. The second-order valence-corrected chi connectivity index (χ2v) is 11.4. The molecule has 2 aliphatic rings. The van der Waals surface area contributed by atoms with E-state index in [1.54, 1.807) is 32.9 Å². The molecule has 1 fully saturated rings. The highest BCUT2D eigenvalue weighted by Crippen LogP contribution is 2.53. The summed E-state index contributed by atoms with van der Waals surface area (Å²) in [5, 5.41) is -0.559. The standard InChI is InChI=1S/C27H32ClF3N2O6/c1-6-7-10-37-15-8-9-18-16(11-15)20-17(28)12-26(38-21(20)22(32-18)27(29,30)31)13-19(23(34)36-5)33(14-26)24(35)39-25(2,3)4/h8-9,11,17,19H,6-7,10,12-14H2,1-5H3/t17?,19-,26?/m0/s1. The highest BCUT2D eigenvalue weighted by molar-refractivity contribution is 6.22. The first-order valence-corrected chi connectivity index (χ1v) is 13.2. The van der Waals surface area contributed by atoms with Gasteiger partial charge in [-0.05, 0) is 45.4 Å². The summed E-state index contributed by atoms with van der Waals surface area (Å²) < 4.78 is 65.0. The van der Waals surface area contributed by atoms with Crippen molar-refractivity contribution >= 4 is 34.6 Å². The molecule has 1 saturated heterocycles. The fourth-order valence-electron chi connectivity index (χ4n) is 5.00. The topological polar surface area (TPSA) is 87.2 Å². The summed E-state index contributed by atoms with van der Waals surface area (Å²) in [6, 6.07) is 3.53. The summed E-state index contributed by atoms with van der Waals surface area (Å²) >= 11 is 6.83. The number of likely N-dealkylation sites (tertiary alicyclic amines) is 1. The van der Waals surface area contributed by atoms with Crippen LogP contribution in [0.3, 0.4) is 0 Å². The minimum absolute atomic E-state index is 0.0334. The van der Waals surface area contributed by atoms with Crippen molar-refractivity contribution in [3.63, 3.8) is 0 Å². The van der Waals surface area contributed by atoms with Crippen LogP contribution in [0.25, 0.3) is 10.9 Å². The van der Waals surface area contributed by atoms with Crippen molar-refractivity contribution in [2.45, 2.75) is 82.2 Å². The number of hydrogen-bond acceptors (Lipinski definition) is 7. The Morgan fingerprint density at radius 3 is 2.56 bits per heavy atom. The van der Waals surface area contributed by atoms with Gasteiger partial charge in [0.15, 0.2) is 11.4 Å². The average molecular weight is 573 g/mol. The van der Waals surface area contributed by atoms with E-state index in [0.717, 1.165) is 17.7 Å². The van der Waals surface area contributed by atoms with Crippen molar-refractivity contribution in [3.8, 4) is 11.5 Å². The zero-order valence-corrected chi connectivity index (χ0v) is 23.2. The van der Waals surface area contributed by atoms with Gasteiger partial charge in [-0.2, -0.15) is 13.2 Å². The Labute approximate surface area is 229 Å².